The minimum atomic E-state index is 0.308. The molecule has 0 unspecified atom stereocenters. The fourth-order valence-corrected chi connectivity index (χ4v) is 0.398. The third-order valence-corrected chi connectivity index (χ3v) is 0.736. The van der Waals surface area contributed by atoms with E-state index in [2.05, 4.69) is 25.8 Å². The van der Waals surface area contributed by atoms with Gasteiger partial charge in [0, 0.05) is 0 Å². The summed E-state index contributed by atoms with van der Waals surface area (Å²) in [5, 5.41) is 0. The average Bonchev–Trinajstić information content (AvgIpc) is 2.03. The number of hydrogen-bond acceptors (Lipinski definition) is 5. The molecule has 52 valence electrons. The fraction of sp³-hybridized carbons (Fsp3) is 0. The molecule has 0 saturated heterocycles. The van der Waals surface area contributed by atoms with Crippen molar-refractivity contribution in [2.75, 3.05) is 5.43 Å². The molecule has 0 aliphatic heterocycles. The zero-order valence-electron chi connectivity index (χ0n) is 4.98. The van der Waals surface area contributed by atoms with Gasteiger partial charge in [0.2, 0.25) is 12.4 Å². The van der Waals surface area contributed by atoms with Gasteiger partial charge in [-0.05, 0) is 0 Å². The molecule has 0 saturated carbocycles. The van der Waals surface area contributed by atoms with Crippen LogP contribution in [0.3, 0.4) is 0 Å². The largest absolute Gasteiger partial charge is 0.277 e. The zero-order valence-corrected chi connectivity index (χ0v) is 4.98. The molecule has 1 rings (SSSR count). The lowest BCUT2D eigenvalue weighted by molar-refractivity contribution is -0.109. The molecule has 0 atom stereocenters. The molecule has 6 heteroatoms. The number of amides is 1. The number of nitrogens with one attached hydrogen (secondary N) is 2. The summed E-state index contributed by atoms with van der Waals surface area (Å²) in [6.45, 7) is 0. The molecule has 1 aromatic rings. The standard InChI is InChI=1S/C4H5N5O/c10-3-8-9-4-6-1-5-2-7-4/h1-3H,(H,8,10)(H,5,6,7,9). The molecule has 1 heterocycles. The van der Waals surface area contributed by atoms with Crippen LogP contribution in [0.25, 0.3) is 0 Å². The number of anilines is 1. The van der Waals surface area contributed by atoms with Gasteiger partial charge in [-0.15, -0.1) is 0 Å². The average molecular weight is 139 g/mol. The highest BCUT2D eigenvalue weighted by Gasteiger charge is 1.87. The van der Waals surface area contributed by atoms with Crippen LogP contribution in [0, 0.1) is 0 Å². The second-order valence-corrected chi connectivity index (χ2v) is 1.35. The van der Waals surface area contributed by atoms with E-state index in [1.165, 1.54) is 12.7 Å². The van der Waals surface area contributed by atoms with Crippen LogP contribution in [0.1, 0.15) is 0 Å². The molecule has 0 fully saturated rings. The van der Waals surface area contributed by atoms with E-state index < -0.39 is 0 Å². The monoisotopic (exact) mass is 139 g/mol. The van der Waals surface area contributed by atoms with Gasteiger partial charge in [0.05, 0.1) is 0 Å². The maximum atomic E-state index is 9.73. The van der Waals surface area contributed by atoms with Gasteiger partial charge in [-0.2, -0.15) is 9.97 Å². The Balaban J connectivity index is 2.50. The van der Waals surface area contributed by atoms with Gasteiger partial charge in [0.1, 0.15) is 12.7 Å². The van der Waals surface area contributed by atoms with E-state index in [-0.39, 0.29) is 0 Å². The Labute approximate surface area is 56.7 Å². The summed E-state index contributed by atoms with van der Waals surface area (Å²) in [4.78, 5) is 20.6. The van der Waals surface area contributed by atoms with Crippen molar-refractivity contribution in [3.8, 4) is 0 Å². The second-order valence-electron chi connectivity index (χ2n) is 1.35. The van der Waals surface area contributed by atoms with Gasteiger partial charge < -0.3 is 0 Å². The van der Waals surface area contributed by atoms with E-state index in [0.717, 1.165) is 0 Å². The van der Waals surface area contributed by atoms with Crippen molar-refractivity contribution in [1.29, 1.82) is 0 Å². The molecule has 0 spiro atoms. The summed E-state index contributed by atoms with van der Waals surface area (Å²) in [5.41, 5.74) is 4.60. The van der Waals surface area contributed by atoms with Crippen LogP contribution < -0.4 is 10.9 Å². The summed E-state index contributed by atoms with van der Waals surface area (Å²) >= 11 is 0. The van der Waals surface area contributed by atoms with Gasteiger partial charge in [0.25, 0.3) is 0 Å². The molecular weight excluding hydrogens is 134 g/mol. The Hall–Kier alpha value is -1.72. The first-order valence-corrected chi connectivity index (χ1v) is 2.50. The van der Waals surface area contributed by atoms with Crippen LogP contribution in [-0.4, -0.2) is 21.4 Å². The maximum absolute atomic E-state index is 9.73. The SMILES string of the molecule is O=CNNc1ncncn1. The number of carbonyl (C=O) groups excluding carboxylic acids is 1. The van der Waals surface area contributed by atoms with Crippen molar-refractivity contribution in [2.24, 2.45) is 0 Å². The summed E-state index contributed by atoms with van der Waals surface area (Å²) in [6.07, 6.45) is 3.13. The Morgan fingerprint density at radius 1 is 1.40 bits per heavy atom. The third-order valence-electron chi connectivity index (χ3n) is 0.736. The Morgan fingerprint density at radius 2 is 2.10 bits per heavy atom. The van der Waals surface area contributed by atoms with E-state index >= 15 is 0 Å². The Bertz CT molecular complexity index is 200. The van der Waals surface area contributed by atoms with Crippen LogP contribution in [0.4, 0.5) is 5.95 Å². The summed E-state index contributed by atoms with van der Waals surface area (Å²) in [7, 11) is 0. The highest BCUT2D eigenvalue weighted by Crippen LogP contribution is 1.86. The van der Waals surface area contributed by atoms with Crippen molar-refractivity contribution in [2.45, 2.75) is 0 Å². The molecule has 0 aliphatic carbocycles. The lowest BCUT2D eigenvalue weighted by atomic mass is 11.0. The first-order chi connectivity index (χ1) is 4.93. The minimum absolute atomic E-state index is 0.308. The Kier molecular flexibility index (Phi) is 2.13. The van der Waals surface area contributed by atoms with E-state index in [9.17, 15) is 4.79 Å². The van der Waals surface area contributed by atoms with Gasteiger partial charge in [-0.25, -0.2) is 4.98 Å². The maximum Gasteiger partial charge on any atom is 0.244 e. The van der Waals surface area contributed by atoms with E-state index in [0.29, 0.717) is 12.4 Å². The van der Waals surface area contributed by atoms with Crippen LogP contribution in [0.2, 0.25) is 0 Å². The number of hydrazine groups is 1. The number of carbonyl (C=O) groups is 1. The van der Waals surface area contributed by atoms with Crippen LogP contribution in [-0.2, 0) is 4.79 Å². The lowest BCUT2D eigenvalue weighted by Gasteiger charge is -1.97. The van der Waals surface area contributed by atoms with E-state index in [1.54, 1.807) is 0 Å². The third kappa shape index (κ3) is 1.66. The molecule has 10 heavy (non-hydrogen) atoms. The van der Waals surface area contributed by atoms with Crippen molar-refractivity contribution < 1.29 is 4.79 Å². The molecular formula is C4H5N5O. The molecule has 0 aliphatic rings. The molecule has 0 aromatic carbocycles. The first kappa shape index (κ1) is 6.40. The first-order valence-electron chi connectivity index (χ1n) is 2.50. The van der Waals surface area contributed by atoms with Crippen LogP contribution in [0.5, 0.6) is 0 Å². The van der Waals surface area contributed by atoms with Gasteiger partial charge in [-0.3, -0.25) is 15.6 Å². The summed E-state index contributed by atoms with van der Waals surface area (Å²) in [5.74, 6) is 0.308. The van der Waals surface area contributed by atoms with Crippen LogP contribution >= 0.6 is 0 Å². The highest BCUT2D eigenvalue weighted by molar-refractivity contribution is 5.48. The predicted octanol–water partition coefficient (Wildman–Crippen LogP) is -1.06. The Morgan fingerprint density at radius 3 is 2.70 bits per heavy atom. The number of hydrogen-bond donors (Lipinski definition) is 2. The topological polar surface area (TPSA) is 79.8 Å². The van der Waals surface area contributed by atoms with Gasteiger partial charge >= 0.3 is 0 Å². The number of rotatable bonds is 3. The van der Waals surface area contributed by atoms with Gasteiger partial charge in [0.15, 0.2) is 0 Å². The van der Waals surface area contributed by atoms with Crippen molar-refractivity contribution >= 4 is 12.4 Å². The molecule has 6 nitrogen and oxygen atoms in total. The molecule has 0 bridgehead atoms. The molecule has 0 radical (unpaired) electrons. The summed E-state index contributed by atoms with van der Waals surface area (Å²) < 4.78 is 0. The van der Waals surface area contributed by atoms with Crippen molar-refractivity contribution in [1.82, 2.24) is 20.4 Å². The van der Waals surface area contributed by atoms with Gasteiger partial charge in [-0.1, -0.05) is 0 Å². The quantitative estimate of drug-likeness (QED) is 0.412. The molecule has 2 N–H and O–H groups in total. The molecule has 1 amide bonds. The smallest absolute Gasteiger partial charge is 0.244 e. The fourth-order valence-electron chi connectivity index (χ4n) is 0.398. The van der Waals surface area contributed by atoms with Crippen molar-refractivity contribution in [3.63, 3.8) is 0 Å². The van der Waals surface area contributed by atoms with Crippen molar-refractivity contribution in [3.05, 3.63) is 12.7 Å². The number of aromatic nitrogens is 3. The second kappa shape index (κ2) is 3.33. The summed E-state index contributed by atoms with van der Waals surface area (Å²) in [6, 6.07) is 0. The van der Waals surface area contributed by atoms with E-state index in [1.807, 2.05) is 0 Å². The highest BCUT2D eigenvalue weighted by atomic mass is 16.1. The normalized spacial score (nSPS) is 8.40. The van der Waals surface area contributed by atoms with E-state index in [4.69, 9.17) is 0 Å². The van der Waals surface area contributed by atoms with Crippen LogP contribution in [0.15, 0.2) is 12.7 Å². The molecule has 1 aromatic heterocycles. The minimum Gasteiger partial charge on any atom is -0.277 e. The number of nitrogens with zero attached hydrogens (tertiary/aromatic N) is 3. The lowest BCUT2D eigenvalue weighted by Crippen LogP contribution is -2.20. The zero-order chi connectivity index (χ0) is 7.23. The predicted molar refractivity (Wildman–Crippen MR) is 32.6 cm³/mol.